The number of fused-ring (bicyclic) bond motifs is 1. The molecule has 1 aliphatic carbocycles. The van der Waals surface area contributed by atoms with Crippen molar-refractivity contribution in [1.29, 1.82) is 0 Å². The SMILES string of the molecule is CNC(=O)c1nn2c(c1C1(COC(F)F)CC1)CN(C(=O)OC(C)(C)C)C(C)C2. The molecular weight excluding hydrogens is 386 g/mol. The molecule has 0 spiro atoms. The number of nitrogens with one attached hydrogen (secondary N) is 1. The van der Waals surface area contributed by atoms with Gasteiger partial charge in [-0.1, -0.05) is 0 Å². The van der Waals surface area contributed by atoms with Crippen LogP contribution in [0.15, 0.2) is 0 Å². The van der Waals surface area contributed by atoms with Crippen molar-refractivity contribution in [3.05, 3.63) is 17.0 Å². The van der Waals surface area contributed by atoms with Crippen molar-refractivity contribution in [2.45, 2.75) is 77.3 Å². The van der Waals surface area contributed by atoms with Gasteiger partial charge in [0, 0.05) is 18.0 Å². The molecule has 29 heavy (non-hydrogen) atoms. The monoisotopic (exact) mass is 414 g/mol. The Bertz CT molecular complexity index is 799. The zero-order valence-corrected chi connectivity index (χ0v) is 17.4. The summed E-state index contributed by atoms with van der Waals surface area (Å²) in [5.74, 6) is -0.387. The highest BCUT2D eigenvalue weighted by Gasteiger charge is 2.51. The predicted octanol–water partition coefficient (Wildman–Crippen LogP) is 2.65. The maximum absolute atomic E-state index is 12.7. The number of aromatic nitrogens is 2. The van der Waals surface area contributed by atoms with Crippen LogP contribution in [-0.2, 0) is 28.0 Å². The van der Waals surface area contributed by atoms with E-state index in [0.717, 1.165) is 0 Å². The molecule has 0 aromatic carbocycles. The van der Waals surface area contributed by atoms with Crippen LogP contribution in [0.3, 0.4) is 0 Å². The lowest BCUT2D eigenvalue weighted by atomic mass is 9.92. The first kappa shape index (κ1) is 21.5. The van der Waals surface area contributed by atoms with Crippen LogP contribution in [0.2, 0.25) is 0 Å². The zero-order chi connectivity index (χ0) is 21.6. The number of hydrogen-bond acceptors (Lipinski definition) is 5. The molecule has 1 unspecified atom stereocenters. The first-order valence-corrected chi connectivity index (χ1v) is 9.69. The van der Waals surface area contributed by atoms with E-state index in [1.54, 1.807) is 30.4 Å². The average Bonchev–Trinajstić information content (AvgIpc) is 3.30. The zero-order valence-electron chi connectivity index (χ0n) is 17.4. The molecule has 8 nitrogen and oxygen atoms in total. The highest BCUT2D eigenvalue weighted by molar-refractivity contribution is 5.94. The maximum atomic E-state index is 12.7. The van der Waals surface area contributed by atoms with E-state index in [9.17, 15) is 18.4 Å². The predicted molar refractivity (Wildman–Crippen MR) is 99.7 cm³/mol. The van der Waals surface area contributed by atoms with Crippen molar-refractivity contribution in [3.8, 4) is 0 Å². The largest absolute Gasteiger partial charge is 0.444 e. The van der Waals surface area contributed by atoms with Gasteiger partial charge in [0.25, 0.3) is 5.91 Å². The Morgan fingerprint density at radius 2 is 2.00 bits per heavy atom. The number of carbonyl (C=O) groups excluding carboxylic acids is 2. The fourth-order valence-electron chi connectivity index (χ4n) is 3.71. The van der Waals surface area contributed by atoms with E-state index in [-0.39, 0.29) is 30.8 Å². The Labute approximate surface area is 168 Å². The van der Waals surface area contributed by atoms with Crippen LogP contribution >= 0.6 is 0 Å². The Morgan fingerprint density at radius 1 is 1.34 bits per heavy atom. The number of ether oxygens (including phenoxy) is 2. The van der Waals surface area contributed by atoms with E-state index in [1.807, 2.05) is 6.92 Å². The van der Waals surface area contributed by atoms with Crippen molar-refractivity contribution in [1.82, 2.24) is 20.0 Å². The summed E-state index contributed by atoms with van der Waals surface area (Å²) < 4.78 is 37.2. The normalized spacial score (nSPS) is 20.4. The van der Waals surface area contributed by atoms with Gasteiger partial charge in [0.1, 0.15) is 5.60 Å². The highest BCUT2D eigenvalue weighted by atomic mass is 19.3. The van der Waals surface area contributed by atoms with E-state index in [1.165, 1.54) is 7.05 Å². The van der Waals surface area contributed by atoms with Gasteiger partial charge in [0.2, 0.25) is 0 Å². The van der Waals surface area contributed by atoms with E-state index < -0.39 is 23.7 Å². The second-order valence-electron chi connectivity index (χ2n) is 8.74. The number of rotatable bonds is 5. The quantitative estimate of drug-likeness (QED) is 0.801. The number of amides is 2. The minimum absolute atomic E-state index is 0.186. The van der Waals surface area contributed by atoms with Crippen LogP contribution in [0.25, 0.3) is 0 Å². The van der Waals surface area contributed by atoms with Crippen LogP contribution in [0.4, 0.5) is 13.6 Å². The number of hydrogen-bond donors (Lipinski definition) is 1. The molecule has 1 fully saturated rings. The molecule has 1 aromatic rings. The second-order valence-corrected chi connectivity index (χ2v) is 8.74. The molecule has 1 aromatic heterocycles. The third-order valence-electron chi connectivity index (χ3n) is 5.29. The van der Waals surface area contributed by atoms with Gasteiger partial charge in [-0.25, -0.2) is 4.79 Å². The molecule has 0 radical (unpaired) electrons. The molecule has 2 amide bonds. The van der Waals surface area contributed by atoms with Crippen molar-refractivity contribution in [3.63, 3.8) is 0 Å². The van der Waals surface area contributed by atoms with E-state index in [4.69, 9.17) is 4.74 Å². The molecule has 3 rings (SSSR count). The summed E-state index contributed by atoms with van der Waals surface area (Å²) in [6.45, 7) is 4.73. The van der Waals surface area contributed by atoms with Gasteiger partial charge in [-0.3, -0.25) is 14.4 Å². The molecule has 2 heterocycles. The maximum Gasteiger partial charge on any atom is 0.410 e. The summed E-state index contributed by atoms with van der Waals surface area (Å²) in [5, 5.41) is 7.02. The van der Waals surface area contributed by atoms with E-state index in [0.29, 0.717) is 30.6 Å². The summed E-state index contributed by atoms with van der Waals surface area (Å²) in [6.07, 6.45) is 0.771. The molecule has 1 atom stereocenters. The van der Waals surface area contributed by atoms with Crippen LogP contribution in [-0.4, -0.2) is 58.6 Å². The van der Waals surface area contributed by atoms with E-state index >= 15 is 0 Å². The highest BCUT2D eigenvalue weighted by Crippen LogP contribution is 2.51. The molecule has 0 saturated heterocycles. The van der Waals surface area contributed by atoms with Crippen LogP contribution < -0.4 is 5.32 Å². The third kappa shape index (κ3) is 4.36. The molecule has 0 bridgehead atoms. The Balaban J connectivity index is 1.98. The first-order valence-electron chi connectivity index (χ1n) is 9.69. The number of nitrogens with zero attached hydrogens (tertiary/aromatic N) is 3. The lowest BCUT2D eigenvalue weighted by Gasteiger charge is -2.36. The van der Waals surface area contributed by atoms with Crippen molar-refractivity contribution < 1.29 is 27.8 Å². The molecule has 1 N–H and O–H groups in total. The fraction of sp³-hybridized carbons (Fsp3) is 0.737. The smallest absolute Gasteiger partial charge is 0.410 e. The Hall–Kier alpha value is -2.23. The minimum atomic E-state index is -2.89. The molecule has 2 aliphatic rings. The van der Waals surface area contributed by atoms with Crippen molar-refractivity contribution in [2.75, 3.05) is 13.7 Å². The van der Waals surface area contributed by atoms with Gasteiger partial charge < -0.3 is 14.8 Å². The summed E-state index contributed by atoms with van der Waals surface area (Å²) in [6, 6.07) is -0.199. The van der Waals surface area contributed by atoms with Gasteiger partial charge >= 0.3 is 12.7 Å². The molecule has 162 valence electrons. The van der Waals surface area contributed by atoms with Gasteiger partial charge in [-0.2, -0.15) is 13.9 Å². The molecule has 10 heteroatoms. The number of alkyl halides is 2. The Kier molecular flexibility index (Phi) is 5.59. The van der Waals surface area contributed by atoms with Crippen molar-refractivity contribution in [2.24, 2.45) is 0 Å². The van der Waals surface area contributed by atoms with Crippen molar-refractivity contribution >= 4 is 12.0 Å². The molecule has 1 saturated carbocycles. The number of halogens is 2. The topological polar surface area (TPSA) is 85.7 Å². The van der Waals surface area contributed by atoms with Crippen LogP contribution in [0.5, 0.6) is 0 Å². The summed E-state index contributed by atoms with van der Waals surface area (Å²) >= 11 is 0. The standard InChI is InChI=1S/C19H28F2N4O4/c1-11-8-25-12(9-24(11)17(27)29-18(2,3)4)13(14(23-25)15(26)22-5)19(6-7-19)10-28-16(20)21/h11,16H,6-10H2,1-5H3,(H,22,26). The minimum Gasteiger partial charge on any atom is -0.444 e. The fourth-order valence-corrected chi connectivity index (χ4v) is 3.71. The van der Waals surface area contributed by atoms with E-state index in [2.05, 4.69) is 15.2 Å². The van der Waals surface area contributed by atoms with Crippen LogP contribution in [0, 0.1) is 0 Å². The molecule has 1 aliphatic heterocycles. The van der Waals surface area contributed by atoms with Gasteiger partial charge in [0.15, 0.2) is 5.69 Å². The average molecular weight is 414 g/mol. The lowest BCUT2D eigenvalue weighted by Crippen LogP contribution is -2.47. The summed E-state index contributed by atoms with van der Waals surface area (Å²) in [5.41, 5.74) is 0.136. The van der Waals surface area contributed by atoms with Gasteiger partial charge in [-0.05, 0) is 40.5 Å². The first-order chi connectivity index (χ1) is 13.5. The summed E-state index contributed by atoms with van der Waals surface area (Å²) in [4.78, 5) is 26.7. The Morgan fingerprint density at radius 3 is 2.52 bits per heavy atom. The van der Waals surface area contributed by atoms with Crippen LogP contribution in [0.1, 0.15) is 62.3 Å². The second kappa shape index (κ2) is 7.55. The third-order valence-corrected chi connectivity index (χ3v) is 5.29. The van der Waals surface area contributed by atoms with Gasteiger partial charge in [0.05, 0.1) is 31.4 Å². The number of carbonyl (C=O) groups is 2. The van der Waals surface area contributed by atoms with Gasteiger partial charge in [-0.15, -0.1) is 0 Å². The molecular formula is C19H28F2N4O4. The lowest BCUT2D eigenvalue weighted by molar-refractivity contribution is -0.134. The summed E-state index contributed by atoms with van der Waals surface area (Å²) in [7, 11) is 1.50.